The molecule has 1 saturated heterocycles. The van der Waals surface area contributed by atoms with Crippen molar-refractivity contribution in [1.82, 2.24) is 10.2 Å². The minimum absolute atomic E-state index is 0.0121. The van der Waals surface area contributed by atoms with E-state index in [-0.39, 0.29) is 23.6 Å². The Morgan fingerprint density at radius 1 is 1.29 bits per heavy atom. The number of thioether (sulfide) groups is 1. The zero-order chi connectivity index (χ0) is 22.8. The Morgan fingerprint density at radius 2 is 1.97 bits per heavy atom. The Hall–Kier alpha value is -2.14. The highest BCUT2D eigenvalue weighted by Crippen LogP contribution is 2.40. The highest BCUT2D eigenvalue weighted by Gasteiger charge is 2.54. The van der Waals surface area contributed by atoms with Gasteiger partial charge in [-0.2, -0.15) is 0 Å². The molecule has 2 N–H and O–H groups in total. The molecule has 3 rings (SSSR count). The lowest BCUT2D eigenvalue weighted by Crippen LogP contribution is -2.70. The van der Waals surface area contributed by atoms with Gasteiger partial charge in [0.25, 0.3) is 12.4 Å². The fourth-order valence-corrected chi connectivity index (χ4v) is 4.32. The van der Waals surface area contributed by atoms with E-state index in [1.807, 2.05) is 0 Å². The number of halogens is 3. The summed E-state index contributed by atoms with van der Waals surface area (Å²) in [5.41, 5.74) is 0.309. The first kappa shape index (κ1) is 23.5. The van der Waals surface area contributed by atoms with E-state index in [0.29, 0.717) is 17.8 Å². The van der Waals surface area contributed by atoms with E-state index >= 15 is 0 Å². The van der Waals surface area contributed by atoms with Gasteiger partial charge in [-0.25, -0.2) is 4.79 Å². The third-order valence-electron chi connectivity index (χ3n) is 4.30. The first-order chi connectivity index (χ1) is 14.6. The molecule has 0 spiro atoms. The number of carbonyl (C=O) groups is 4. The summed E-state index contributed by atoms with van der Waals surface area (Å²) in [7, 11) is 0. The molecule has 2 aliphatic heterocycles. The number of alkyl halides is 3. The van der Waals surface area contributed by atoms with Crippen molar-refractivity contribution in [1.29, 1.82) is 0 Å². The van der Waals surface area contributed by atoms with Gasteiger partial charge >= 0.3 is 5.97 Å². The average Bonchev–Trinajstić information content (AvgIpc) is 2.71. The van der Waals surface area contributed by atoms with Gasteiger partial charge in [0.1, 0.15) is 29.5 Å². The van der Waals surface area contributed by atoms with Crippen LogP contribution in [0.25, 0.3) is 0 Å². The third-order valence-corrected chi connectivity index (χ3v) is 5.89. The number of aliphatic hydroxyl groups excluding tert-OH is 1. The van der Waals surface area contributed by atoms with Gasteiger partial charge in [0.15, 0.2) is 5.70 Å². The maximum atomic E-state index is 12.6. The summed E-state index contributed by atoms with van der Waals surface area (Å²) in [5.74, 6) is -1.97. The summed E-state index contributed by atoms with van der Waals surface area (Å²) in [4.78, 5) is 48.6. The molecule has 31 heavy (non-hydrogen) atoms. The maximum Gasteiger partial charge on any atom is 0.358 e. The number of fused-ring (bicyclic) bond motifs is 1. The normalized spacial score (nSPS) is 20.5. The molecule has 0 aliphatic carbocycles. The highest BCUT2D eigenvalue weighted by atomic mass is 35.6. The molecule has 9 nitrogen and oxygen atoms in total. The summed E-state index contributed by atoms with van der Waals surface area (Å²) < 4.78 is 7.70. The van der Waals surface area contributed by atoms with Crippen LogP contribution >= 0.6 is 46.6 Å². The largest absolute Gasteiger partial charge is 0.509 e. The molecule has 2 atom stereocenters. The second kappa shape index (κ2) is 9.56. The van der Waals surface area contributed by atoms with E-state index in [9.17, 15) is 24.3 Å². The number of benzene rings is 1. The smallest absolute Gasteiger partial charge is 0.358 e. The molecule has 0 aromatic heterocycles. The lowest BCUT2D eigenvalue weighted by Gasteiger charge is -2.48. The van der Waals surface area contributed by atoms with Gasteiger partial charge in [0.2, 0.25) is 9.70 Å². The van der Waals surface area contributed by atoms with Crippen LogP contribution in [-0.4, -0.2) is 61.8 Å². The molecule has 0 radical (unpaired) electrons. The Balaban J connectivity index is 1.61. The van der Waals surface area contributed by atoms with Crippen LogP contribution in [0.2, 0.25) is 0 Å². The fraction of sp³-hybridized carbons (Fsp3) is 0.333. The predicted molar refractivity (Wildman–Crippen MR) is 113 cm³/mol. The van der Waals surface area contributed by atoms with Gasteiger partial charge in [0.05, 0.1) is 12.2 Å². The number of nitrogens with one attached hydrogen (secondary N) is 1. The van der Waals surface area contributed by atoms with E-state index in [1.165, 1.54) is 23.9 Å². The first-order valence-electron chi connectivity index (χ1n) is 8.70. The number of rotatable bonds is 7. The maximum absolute atomic E-state index is 12.6. The molecule has 166 valence electrons. The number of amides is 2. The third kappa shape index (κ3) is 5.57. The highest BCUT2D eigenvalue weighted by molar-refractivity contribution is 8.00. The molecule has 13 heteroatoms. The van der Waals surface area contributed by atoms with Crippen LogP contribution in [0.1, 0.15) is 5.56 Å². The van der Waals surface area contributed by atoms with Crippen LogP contribution in [0, 0.1) is 0 Å². The zero-order valence-electron chi connectivity index (χ0n) is 15.5. The van der Waals surface area contributed by atoms with E-state index in [2.05, 4.69) is 10.1 Å². The van der Waals surface area contributed by atoms with Gasteiger partial charge in [-0.3, -0.25) is 19.3 Å². The Kier molecular flexibility index (Phi) is 7.25. The van der Waals surface area contributed by atoms with Gasteiger partial charge in [0, 0.05) is 0 Å². The van der Waals surface area contributed by atoms with Crippen LogP contribution in [0.4, 0.5) is 0 Å². The van der Waals surface area contributed by atoms with E-state index < -0.39 is 39.6 Å². The monoisotopic (exact) mass is 508 g/mol. The second-order valence-electron chi connectivity index (χ2n) is 6.48. The zero-order valence-corrected chi connectivity index (χ0v) is 18.6. The number of ether oxygens (including phenoxy) is 2. The summed E-state index contributed by atoms with van der Waals surface area (Å²) in [6.07, 6.45) is -0.0121. The number of nitrogens with zero attached hydrogens (tertiary/aromatic N) is 1. The number of carbonyl (C=O) groups excluding carboxylic acids is 4. The Bertz CT molecular complexity index is 933. The molecule has 1 fully saturated rings. The minimum Gasteiger partial charge on any atom is -0.509 e. The van der Waals surface area contributed by atoms with Crippen LogP contribution in [0.15, 0.2) is 35.7 Å². The van der Waals surface area contributed by atoms with Crippen LogP contribution in [-0.2, 0) is 30.3 Å². The number of esters is 1. The van der Waals surface area contributed by atoms with Crippen molar-refractivity contribution in [2.75, 3.05) is 12.4 Å². The number of aliphatic hydroxyl groups is 1. The summed E-state index contributed by atoms with van der Waals surface area (Å²) >= 11 is 17.8. The quantitative estimate of drug-likeness (QED) is 0.247. The van der Waals surface area contributed by atoms with Crippen molar-refractivity contribution in [3.8, 4) is 5.75 Å². The second-order valence-corrected chi connectivity index (χ2v) is 10.1. The Morgan fingerprint density at radius 3 is 2.58 bits per heavy atom. The molecular weight excluding hydrogens is 495 g/mol. The SMILES string of the molecule is O=COc1ccc(CC(=O)NC2C(=O)N3C(C(=O)OCC(Cl)(Cl)Cl)=C(O)CS[C@H]23)cc1. The van der Waals surface area contributed by atoms with Gasteiger partial charge in [-0.05, 0) is 17.7 Å². The van der Waals surface area contributed by atoms with E-state index in [0.717, 1.165) is 4.90 Å². The van der Waals surface area contributed by atoms with E-state index in [1.54, 1.807) is 12.1 Å². The molecule has 2 heterocycles. The van der Waals surface area contributed by atoms with Gasteiger partial charge in [-0.15, -0.1) is 11.8 Å². The molecule has 1 unspecified atom stereocenters. The number of hydrogen-bond acceptors (Lipinski definition) is 8. The van der Waals surface area contributed by atoms with Crippen molar-refractivity contribution >= 4 is 70.8 Å². The van der Waals surface area contributed by atoms with Gasteiger partial charge in [-0.1, -0.05) is 46.9 Å². The molecular formula is C18H15Cl3N2O7S. The van der Waals surface area contributed by atoms with E-state index in [4.69, 9.17) is 39.5 Å². The van der Waals surface area contributed by atoms with Crippen LogP contribution in [0.3, 0.4) is 0 Å². The predicted octanol–water partition coefficient (Wildman–Crippen LogP) is 1.85. The lowest BCUT2D eigenvalue weighted by atomic mass is 10.0. The average molecular weight is 510 g/mol. The summed E-state index contributed by atoms with van der Waals surface area (Å²) in [6, 6.07) is 5.42. The lowest BCUT2D eigenvalue weighted by molar-refractivity contribution is -0.153. The minimum atomic E-state index is -1.85. The molecule has 0 bridgehead atoms. The van der Waals surface area contributed by atoms with Crippen molar-refractivity contribution < 1.29 is 33.8 Å². The molecule has 2 amide bonds. The summed E-state index contributed by atoms with van der Waals surface area (Å²) in [6.45, 7) is -0.269. The standard InChI is InChI=1S/C18H15Cl3N2O7S/c19-18(20,21)7-29-17(28)14-11(25)6-31-16-13(15(27)23(14)16)22-12(26)5-9-1-3-10(4-2-9)30-8-24/h1-4,8,13,16,25H,5-7H2,(H,22,26)/t13?,16-/m1/s1. The summed E-state index contributed by atoms with van der Waals surface area (Å²) in [5, 5.41) is 12.1. The Labute approximate surface area is 195 Å². The molecule has 1 aromatic rings. The van der Waals surface area contributed by atoms with Crippen LogP contribution < -0.4 is 10.1 Å². The first-order valence-corrected chi connectivity index (χ1v) is 10.9. The van der Waals surface area contributed by atoms with Crippen molar-refractivity contribution in [3.05, 3.63) is 41.3 Å². The van der Waals surface area contributed by atoms with Crippen molar-refractivity contribution in [2.24, 2.45) is 0 Å². The van der Waals surface area contributed by atoms with Crippen molar-refractivity contribution in [2.45, 2.75) is 21.6 Å². The van der Waals surface area contributed by atoms with Crippen LogP contribution in [0.5, 0.6) is 5.75 Å². The molecule has 1 aromatic carbocycles. The topological polar surface area (TPSA) is 122 Å². The number of β-lactam (4-membered cyclic amide) rings is 1. The van der Waals surface area contributed by atoms with Gasteiger partial charge < -0.3 is 19.9 Å². The molecule has 0 saturated carbocycles. The van der Waals surface area contributed by atoms with Crippen molar-refractivity contribution in [3.63, 3.8) is 0 Å². The number of hydrogen-bond donors (Lipinski definition) is 2. The molecule has 2 aliphatic rings. The fourth-order valence-electron chi connectivity index (χ4n) is 2.96.